The summed E-state index contributed by atoms with van der Waals surface area (Å²) in [5.41, 5.74) is 1.47. The fraction of sp³-hybridized carbons (Fsp3) is 0.286. The van der Waals surface area contributed by atoms with Gasteiger partial charge in [-0.3, -0.25) is 14.5 Å². The van der Waals surface area contributed by atoms with Crippen molar-refractivity contribution in [1.29, 1.82) is 0 Å². The largest absolute Gasteiger partial charge is 0.508 e. The molecule has 1 unspecified atom stereocenters. The molecule has 2 amide bonds. The number of hydrogen-bond acceptors (Lipinski definition) is 5. The van der Waals surface area contributed by atoms with E-state index in [0.29, 0.717) is 34.9 Å². The van der Waals surface area contributed by atoms with Gasteiger partial charge in [-0.05, 0) is 48.4 Å². The molecule has 0 fully saturated rings. The predicted molar refractivity (Wildman–Crippen MR) is 136 cm³/mol. The second-order valence-corrected chi connectivity index (χ2v) is 8.07. The van der Waals surface area contributed by atoms with Crippen LogP contribution in [0, 0.1) is 0 Å². The molecule has 7 heteroatoms. The van der Waals surface area contributed by atoms with Crippen LogP contribution >= 0.6 is 0 Å². The molecule has 3 rings (SSSR count). The molecule has 35 heavy (non-hydrogen) atoms. The summed E-state index contributed by atoms with van der Waals surface area (Å²) >= 11 is 0. The third-order valence-corrected chi connectivity index (χ3v) is 5.68. The highest BCUT2D eigenvalue weighted by Gasteiger charge is 2.34. The molecule has 7 nitrogen and oxygen atoms in total. The maximum atomic E-state index is 13.9. The SMILES string of the molecule is CCCCCNC(=O)C(c1ccc(O)cc1)N(C(=O)c1ccccc1)c1ccc(OC)c(OC)c1. The molecule has 3 aromatic rings. The molecule has 3 aromatic carbocycles. The third-order valence-electron chi connectivity index (χ3n) is 5.68. The average Bonchev–Trinajstić information content (AvgIpc) is 2.90. The number of aromatic hydroxyl groups is 1. The summed E-state index contributed by atoms with van der Waals surface area (Å²) in [6.07, 6.45) is 2.86. The van der Waals surface area contributed by atoms with Crippen LogP contribution in [0.1, 0.15) is 48.1 Å². The fourth-order valence-electron chi connectivity index (χ4n) is 3.84. The lowest BCUT2D eigenvalue weighted by Crippen LogP contribution is -2.44. The Labute approximate surface area is 206 Å². The van der Waals surface area contributed by atoms with Gasteiger partial charge in [0.2, 0.25) is 5.91 Å². The number of anilines is 1. The Morgan fingerprint density at radius 3 is 2.23 bits per heavy atom. The topological polar surface area (TPSA) is 88.1 Å². The second-order valence-electron chi connectivity index (χ2n) is 8.07. The summed E-state index contributed by atoms with van der Waals surface area (Å²) in [5.74, 6) is 0.352. The van der Waals surface area contributed by atoms with Gasteiger partial charge >= 0.3 is 0 Å². The molecule has 0 bridgehead atoms. The second kappa shape index (κ2) is 12.5. The zero-order valence-corrected chi connectivity index (χ0v) is 20.4. The molecule has 0 radical (unpaired) electrons. The molecular weight excluding hydrogens is 444 g/mol. The molecular formula is C28H32N2O5. The smallest absolute Gasteiger partial charge is 0.259 e. The summed E-state index contributed by atoms with van der Waals surface area (Å²) in [5, 5.41) is 12.8. The van der Waals surface area contributed by atoms with Crippen LogP contribution in [0.15, 0.2) is 72.8 Å². The molecule has 0 aliphatic carbocycles. The Balaban J connectivity index is 2.14. The van der Waals surface area contributed by atoms with E-state index in [-0.39, 0.29) is 17.6 Å². The number of rotatable bonds is 11. The minimum Gasteiger partial charge on any atom is -0.508 e. The number of carbonyl (C=O) groups excluding carboxylic acids is 2. The van der Waals surface area contributed by atoms with Crippen molar-refractivity contribution in [2.24, 2.45) is 0 Å². The van der Waals surface area contributed by atoms with E-state index in [1.54, 1.807) is 54.6 Å². The Hall–Kier alpha value is -4.00. The van der Waals surface area contributed by atoms with Crippen molar-refractivity contribution in [3.63, 3.8) is 0 Å². The number of nitrogens with zero attached hydrogens (tertiary/aromatic N) is 1. The molecule has 1 atom stereocenters. The first-order valence-electron chi connectivity index (χ1n) is 11.7. The highest BCUT2D eigenvalue weighted by Crippen LogP contribution is 2.36. The first-order chi connectivity index (χ1) is 17.0. The summed E-state index contributed by atoms with van der Waals surface area (Å²) < 4.78 is 10.8. The van der Waals surface area contributed by atoms with Crippen molar-refractivity contribution in [2.75, 3.05) is 25.7 Å². The van der Waals surface area contributed by atoms with Crippen LogP contribution in [0.25, 0.3) is 0 Å². The van der Waals surface area contributed by atoms with Gasteiger partial charge in [-0.2, -0.15) is 0 Å². The molecule has 0 aliphatic heterocycles. The van der Waals surface area contributed by atoms with Gasteiger partial charge in [0.05, 0.1) is 14.2 Å². The van der Waals surface area contributed by atoms with Crippen molar-refractivity contribution in [3.8, 4) is 17.2 Å². The highest BCUT2D eigenvalue weighted by molar-refractivity contribution is 6.10. The van der Waals surface area contributed by atoms with Gasteiger partial charge in [0.25, 0.3) is 5.91 Å². The van der Waals surface area contributed by atoms with Crippen molar-refractivity contribution < 1.29 is 24.2 Å². The molecule has 0 saturated heterocycles. The van der Waals surface area contributed by atoms with Gasteiger partial charge < -0.3 is 19.9 Å². The van der Waals surface area contributed by atoms with Crippen molar-refractivity contribution in [2.45, 2.75) is 32.2 Å². The van der Waals surface area contributed by atoms with E-state index in [1.807, 2.05) is 6.07 Å². The van der Waals surface area contributed by atoms with E-state index in [2.05, 4.69) is 12.2 Å². The minimum absolute atomic E-state index is 0.0721. The highest BCUT2D eigenvalue weighted by atomic mass is 16.5. The quantitative estimate of drug-likeness (QED) is 0.376. The Morgan fingerprint density at radius 2 is 1.60 bits per heavy atom. The van der Waals surface area contributed by atoms with Gasteiger partial charge in [-0.15, -0.1) is 0 Å². The molecule has 0 spiro atoms. The Bertz CT molecular complexity index is 1120. The van der Waals surface area contributed by atoms with Crippen LogP contribution < -0.4 is 19.7 Å². The number of amides is 2. The summed E-state index contributed by atoms with van der Waals surface area (Å²) in [7, 11) is 3.05. The first-order valence-corrected chi connectivity index (χ1v) is 11.7. The molecule has 2 N–H and O–H groups in total. The van der Waals surface area contributed by atoms with Crippen LogP contribution in [0.3, 0.4) is 0 Å². The third kappa shape index (κ3) is 6.32. The Kier molecular flexibility index (Phi) is 9.12. The number of phenolic OH excluding ortho intramolecular Hbond substituents is 1. The van der Waals surface area contributed by atoms with Gasteiger partial charge in [0, 0.05) is 23.9 Å². The van der Waals surface area contributed by atoms with Crippen LogP contribution in [0.4, 0.5) is 5.69 Å². The number of unbranched alkanes of at least 4 members (excludes halogenated alkanes) is 2. The van der Waals surface area contributed by atoms with E-state index in [9.17, 15) is 14.7 Å². The van der Waals surface area contributed by atoms with E-state index >= 15 is 0 Å². The predicted octanol–water partition coefficient (Wildman–Crippen LogP) is 5.10. The zero-order chi connectivity index (χ0) is 25.2. The maximum absolute atomic E-state index is 13.9. The van der Waals surface area contributed by atoms with Gasteiger partial charge in [0.1, 0.15) is 11.8 Å². The van der Waals surface area contributed by atoms with Crippen LogP contribution in [0.2, 0.25) is 0 Å². The normalized spacial score (nSPS) is 11.4. The average molecular weight is 477 g/mol. The summed E-state index contributed by atoms with van der Waals surface area (Å²) in [6, 6.07) is 19.2. The number of ether oxygens (including phenoxy) is 2. The number of nitrogens with one attached hydrogen (secondary N) is 1. The number of benzene rings is 3. The van der Waals surface area contributed by atoms with E-state index in [1.165, 1.54) is 31.3 Å². The molecule has 0 aromatic heterocycles. The monoisotopic (exact) mass is 476 g/mol. The Morgan fingerprint density at radius 1 is 0.914 bits per heavy atom. The van der Waals surface area contributed by atoms with E-state index in [4.69, 9.17) is 9.47 Å². The van der Waals surface area contributed by atoms with Crippen LogP contribution in [0.5, 0.6) is 17.2 Å². The standard InChI is InChI=1S/C28H32N2O5/c1-4-5-9-18-29-27(32)26(20-12-15-23(31)16-13-20)30(28(33)21-10-7-6-8-11-21)22-14-17-24(34-2)25(19-22)35-3/h6-8,10-17,19,26,31H,4-5,9,18H2,1-3H3,(H,29,32). The van der Waals surface area contributed by atoms with Gasteiger partial charge in [0.15, 0.2) is 11.5 Å². The molecule has 0 saturated carbocycles. The van der Waals surface area contributed by atoms with Crippen molar-refractivity contribution >= 4 is 17.5 Å². The lowest BCUT2D eigenvalue weighted by molar-refractivity contribution is -0.122. The van der Waals surface area contributed by atoms with E-state index in [0.717, 1.165) is 19.3 Å². The van der Waals surface area contributed by atoms with Gasteiger partial charge in [-0.25, -0.2) is 0 Å². The first kappa shape index (κ1) is 25.6. The summed E-state index contributed by atoms with van der Waals surface area (Å²) in [6.45, 7) is 2.60. The lowest BCUT2D eigenvalue weighted by Gasteiger charge is -2.32. The zero-order valence-electron chi connectivity index (χ0n) is 20.4. The van der Waals surface area contributed by atoms with Gasteiger partial charge in [-0.1, -0.05) is 50.1 Å². The molecule has 0 heterocycles. The number of carbonyl (C=O) groups is 2. The van der Waals surface area contributed by atoms with Crippen LogP contribution in [-0.4, -0.2) is 37.7 Å². The van der Waals surface area contributed by atoms with E-state index < -0.39 is 6.04 Å². The maximum Gasteiger partial charge on any atom is 0.259 e. The number of phenols is 1. The van der Waals surface area contributed by atoms with Crippen LogP contribution in [-0.2, 0) is 4.79 Å². The fourth-order valence-corrected chi connectivity index (χ4v) is 3.84. The molecule has 0 aliphatic rings. The number of hydrogen-bond donors (Lipinski definition) is 2. The number of methoxy groups -OCH3 is 2. The van der Waals surface area contributed by atoms with Crippen molar-refractivity contribution in [1.82, 2.24) is 5.32 Å². The van der Waals surface area contributed by atoms with Crippen molar-refractivity contribution in [3.05, 3.63) is 83.9 Å². The molecule has 184 valence electrons. The summed E-state index contributed by atoms with van der Waals surface area (Å²) in [4.78, 5) is 28.9. The lowest BCUT2D eigenvalue weighted by atomic mass is 10.0. The minimum atomic E-state index is -0.983.